The van der Waals surface area contributed by atoms with Gasteiger partial charge in [0.1, 0.15) is 13.2 Å². The van der Waals surface area contributed by atoms with E-state index in [1.165, 1.54) is 89.9 Å². The molecule has 0 spiro atoms. The van der Waals surface area contributed by atoms with E-state index in [0.29, 0.717) is 19.3 Å². The van der Waals surface area contributed by atoms with Gasteiger partial charge in [-0.3, -0.25) is 14.4 Å². The smallest absolute Gasteiger partial charge is 0.306 e. The van der Waals surface area contributed by atoms with Crippen LogP contribution in [0.25, 0.3) is 0 Å². The average molecular weight is 865 g/mol. The van der Waals surface area contributed by atoms with E-state index in [1.807, 2.05) is 0 Å². The Morgan fingerprint density at radius 3 is 1.05 bits per heavy atom. The van der Waals surface area contributed by atoms with Gasteiger partial charge in [0.15, 0.2) is 6.10 Å². The molecule has 6 nitrogen and oxygen atoms in total. The summed E-state index contributed by atoms with van der Waals surface area (Å²) in [6.07, 6.45) is 63.1. The van der Waals surface area contributed by atoms with Crippen molar-refractivity contribution in [3.63, 3.8) is 0 Å². The molecule has 0 aliphatic carbocycles. The number of hydrogen-bond donors (Lipinski definition) is 0. The van der Waals surface area contributed by atoms with Crippen LogP contribution in [0, 0.1) is 0 Å². The standard InChI is InChI=1S/C56H96O6/c1-4-7-10-13-16-19-22-24-26-28-30-31-34-37-40-43-46-49-55(58)61-52-53(51-60-54(57)48-45-42-39-36-33-21-18-15-12-9-6-3)62-56(59)50-47-44-41-38-35-32-29-27-25-23-20-17-14-11-8-5-2/h7,10,15-16,18-19,24,26-27,29-31,53H,4-6,8-9,11-14,17,20-23,25,28,32-52H2,1-3H3/b10-7-,18-15-,19-16-,26-24-,29-27-,31-30-. The first kappa shape index (κ1) is 58.9. The third-order valence-electron chi connectivity index (χ3n) is 10.9. The van der Waals surface area contributed by atoms with Gasteiger partial charge in [0.2, 0.25) is 0 Å². The van der Waals surface area contributed by atoms with E-state index in [-0.39, 0.29) is 31.1 Å². The molecule has 0 amide bonds. The topological polar surface area (TPSA) is 78.9 Å². The number of allylic oxidation sites excluding steroid dienone is 12. The Labute approximate surface area is 382 Å². The Balaban J connectivity index is 4.43. The molecule has 0 aliphatic heterocycles. The van der Waals surface area contributed by atoms with Crippen LogP contribution in [-0.4, -0.2) is 37.2 Å². The normalized spacial score (nSPS) is 12.6. The second-order valence-electron chi connectivity index (χ2n) is 17.0. The second kappa shape index (κ2) is 50.5. The molecule has 62 heavy (non-hydrogen) atoms. The highest BCUT2D eigenvalue weighted by atomic mass is 16.6. The highest BCUT2D eigenvalue weighted by molar-refractivity contribution is 5.71. The number of rotatable bonds is 46. The Morgan fingerprint density at radius 1 is 0.339 bits per heavy atom. The number of unbranched alkanes of at least 4 members (excludes halogenated alkanes) is 23. The summed E-state index contributed by atoms with van der Waals surface area (Å²) in [6, 6.07) is 0. The van der Waals surface area contributed by atoms with Crippen molar-refractivity contribution in [2.75, 3.05) is 13.2 Å². The molecule has 0 N–H and O–H groups in total. The van der Waals surface area contributed by atoms with Gasteiger partial charge in [0.05, 0.1) is 0 Å². The highest BCUT2D eigenvalue weighted by Gasteiger charge is 2.19. The summed E-state index contributed by atoms with van der Waals surface area (Å²) >= 11 is 0. The molecule has 0 radical (unpaired) electrons. The molecule has 0 aromatic rings. The van der Waals surface area contributed by atoms with Gasteiger partial charge >= 0.3 is 17.9 Å². The molecule has 0 bridgehead atoms. The quantitative estimate of drug-likeness (QED) is 0.0262. The Morgan fingerprint density at radius 2 is 0.645 bits per heavy atom. The summed E-state index contributed by atoms with van der Waals surface area (Å²) in [4.78, 5) is 37.9. The molecule has 0 saturated heterocycles. The molecule has 356 valence electrons. The maximum absolute atomic E-state index is 12.8. The van der Waals surface area contributed by atoms with Gasteiger partial charge in [-0.05, 0) is 103 Å². The number of ether oxygens (including phenoxy) is 3. The summed E-state index contributed by atoms with van der Waals surface area (Å²) < 4.78 is 16.8. The summed E-state index contributed by atoms with van der Waals surface area (Å²) in [5.74, 6) is -0.932. The molecule has 6 heteroatoms. The van der Waals surface area contributed by atoms with Gasteiger partial charge in [-0.15, -0.1) is 0 Å². The molecule has 0 saturated carbocycles. The molecular weight excluding hydrogens is 769 g/mol. The van der Waals surface area contributed by atoms with Gasteiger partial charge in [-0.1, -0.05) is 196 Å². The summed E-state index contributed by atoms with van der Waals surface area (Å²) in [7, 11) is 0. The zero-order valence-corrected chi connectivity index (χ0v) is 40.6. The van der Waals surface area contributed by atoms with E-state index >= 15 is 0 Å². The molecule has 0 fully saturated rings. The van der Waals surface area contributed by atoms with Crippen LogP contribution in [0.4, 0.5) is 0 Å². The minimum Gasteiger partial charge on any atom is -0.462 e. The average Bonchev–Trinajstić information content (AvgIpc) is 3.27. The van der Waals surface area contributed by atoms with Gasteiger partial charge in [0.25, 0.3) is 0 Å². The minimum absolute atomic E-state index is 0.0913. The van der Waals surface area contributed by atoms with E-state index in [9.17, 15) is 14.4 Å². The van der Waals surface area contributed by atoms with Crippen molar-refractivity contribution in [2.24, 2.45) is 0 Å². The molecule has 0 heterocycles. The number of carbonyl (C=O) groups excluding carboxylic acids is 3. The lowest BCUT2D eigenvalue weighted by atomic mass is 10.1. The van der Waals surface area contributed by atoms with Crippen LogP contribution in [0.1, 0.15) is 245 Å². The van der Waals surface area contributed by atoms with Crippen molar-refractivity contribution >= 4 is 17.9 Å². The van der Waals surface area contributed by atoms with Crippen molar-refractivity contribution in [2.45, 2.75) is 252 Å². The second-order valence-corrected chi connectivity index (χ2v) is 17.0. The van der Waals surface area contributed by atoms with Gasteiger partial charge < -0.3 is 14.2 Å². The van der Waals surface area contributed by atoms with Crippen molar-refractivity contribution < 1.29 is 28.6 Å². The summed E-state index contributed by atoms with van der Waals surface area (Å²) in [6.45, 7) is 6.45. The fraction of sp³-hybridized carbons (Fsp3) is 0.732. The maximum atomic E-state index is 12.8. The van der Waals surface area contributed by atoms with Gasteiger partial charge in [-0.25, -0.2) is 0 Å². The molecular formula is C56H96O6. The van der Waals surface area contributed by atoms with Crippen LogP contribution in [-0.2, 0) is 28.6 Å². The predicted molar refractivity (Wildman–Crippen MR) is 265 cm³/mol. The molecule has 1 unspecified atom stereocenters. The Hall–Kier alpha value is -3.15. The van der Waals surface area contributed by atoms with Crippen LogP contribution >= 0.6 is 0 Å². The predicted octanol–water partition coefficient (Wildman–Crippen LogP) is 17.0. The monoisotopic (exact) mass is 865 g/mol. The van der Waals surface area contributed by atoms with Crippen molar-refractivity contribution in [3.8, 4) is 0 Å². The van der Waals surface area contributed by atoms with Gasteiger partial charge in [-0.2, -0.15) is 0 Å². The summed E-state index contributed by atoms with van der Waals surface area (Å²) in [5, 5.41) is 0. The first-order valence-electron chi connectivity index (χ1n) is 25.9. The van der Waals surface area contributed by atoms with E-state index in [4.69, 9.17) is 14.2 Å². The van der Waals surface area contributed by atoms with E-state index in [0.717, 1.165) is 116 Å². The third kappa shape index (κ3) is 47.9. The van der Waals surface area contributed by atoms with E-state index in [2.05, 4.69) is 93.7 Å². The molecule has 0 aliphatic rings. The lowest BCUT2D eigenvalue weighted by molar-refractivity contribution is -0.167. The number of carbonyl (C=O) groups is 3. The minimum atomic E-state index is -0.792. The first-order valence-corrected chi connectivity index (χ1v) is 25.9. The maximum Gasteiger partial charge on any atom is 0.306 e. The van der Waals surface area contributed by atoms with Crippen molar-refractivity contribution in [1.29, 1.82) is 0 Å². The van der Waals surface area contributed by atoms with Gasteiger partial charge in [0, 0.05) is 19.3 Å². The highest BCUT2D eigenvalue weighted by Crippen LogP contribution is 2.14. The zero-order valence-electron chi connectivity index (χ0n) is 40.6. The van der Waals surface area contributed by atoms with Crippen LogP contribution in [0.5, 0.6) is 0 Å². The van der Waals surface area contributed by atoms with Crippen molar-refractivity contribution in [3.05, 3.63) is 72.9 Å². The van der Waals surface area contributed by atoms with E-state index in [1.54, 1.807) is 0 Å². The van der Waals surface area contributed by atoms with Crippen LogP contribution in [0.3, 0.4) is 0 Å². The lowest BCUT2D eigenvalue weighted by Crippen LogP contribution is -2.30. The SMILES string of the molecule is CC/C=C\C/C=C\C/C=C\C/C=C\CCCCCCC(=O)OCC(COC(=O)CCCCCCC/C=C\CCCC)OC(=O)CCCCCCC/C=C\CCCCCCCCC. The molecule has 0 rings (SSSR count). The zero-order chi connectivity index (χ0) is 45.1. The molecule has 0 aromatic carbocycles. The lowest BCUT2D eigenvalue weighted by Gasteiger charge is -2.18. The third-order valence-corrected chi connectivity index (χ3v) is 10.9. The Kier molecular flexibility index (Phi) is 47.9. The number of esters is 3. The van der Waals surface area contributed by atoms with E-state index < -0.39 is 6.10 Å². The first-order chi connectivity index (χ1) is 30.5. The number of hydrogen-bond acceptors (Lipinski definition) is 6. The Bertz CT molecular complexity index is 1180. The molecule has 0 aromatic heterocycles. The fourth-order valence-electron chi connectivity index (χ4n) is 7.00. The molecule has 1 atom stereocenters. The summed E-state index contributed by atoms with van der Waals surface area (Å²) in [5.41, 5.74) is 0. The van der Waals surface area contributed by atoms with Crippen LogP contribution in [0.15, 0.2) is 72.9 Å². The van der Waals surface area contributed by atoms with Crippen molar-refractivity contribution in [1.82, 2.24) is 0 Å². The fourth-order valence-corrected chi connectivity index (χ4v) is 7.00. The van der Waals surface area contributed by atoms with Crippen LogP contribution < -0.4 is 0 Å². The van der Waals surface area contributed by atoms with Crippen LogP contribution in [0.2, 0.25) is 0 Å². The largest absolute Gasteiger partial charge is 0.462 e.